The molecule has 0 aromatic carbocycles. The molecule has 0 saturated carbocycles. The van der Waals surface area contributed by atoms with Gasteiger partial charge in [0.05, 0.1) is 17.1 Å². The summed E-state index contributed by atoms with van der Waals surface area (Å²) in [5.41, 5.74) is 3.08. The summed E-state index contributed by atoms with van der Waals surface area (Å²) < 4.78 is 5.56. The molecule has 2 aliphatic heterocycles. The quantitative estimate of drug-likeness (QED) is 0.561. The lowest BCUT2D eigenvalue weighted by molar-refractivity contribution is 0.0856. The average molecular weight is 437 g/mol. The zero-order chi connectivity index (χ0) is 22.1. The summed E-state index contributed by atoms with van der Waals surface area (Å²) in [6, 6.07) is 2.77. The summed E-state index contributed by atoms with van der Waals surface area (Å²) in [5.74, 6) is 2.09. The molecule has 3 N–H and O–H groups in total. The first-order valence-electron chi connectivity index (χ1n) is 11.6. The van der Waals surface area contributed by atoms with Gasteiger partial charge in [0.15, 0.2) is 0 Å². The highest BCUT2D eigenvalue weighted by Gasteiger charge is 2.25. The van der Waals surface area contributed by atoms with E-state index in [1.54, 1.807) is 6.33 Å². The molecular weight excluding hydrogens is 404 g/mol. The Kier molecular flexibility index (Phi) is 5.93. The molecule has 0 spiro atoms. The molecule has 5 rings (SSSR count). The number of aromatic amines is 1. The fourth-order valence-corrected chi connectivity index (χ4v) is 4.95. The predicted octanol–water partition coefficient (Wildman–Crippen LogP) is 3.00. The molecule has 32 heavy (non-hydrogen) atoms. The molecule has 2 aliphatic rings. The SMILES string of the molecule is C[C@@H]1CN(c2nccc([C@H](C)Nc3ncnc4[nH]cc(C5CCOCC5)c34)n2)C[C@H](C)N1. The third kappa shape index (κ3) is 4.27. The topological polar surface area (TPSA) is 104 Å². The summed E-state index contributed by atoms with van der Waals surface area (Å²) in [6.07, 6.45) is 7.59. The number of piperazine rings is 1. The first kappa shape index (κ1) is 21.1. The molecule has 0 bridgehead atoms. The highest BCUT2D eigenvalue weighted by Crippen LogP contribution is 2.35. The van der Waals surface area contributed by atoms with Crippen LogP contribution < -0.4 is 15.5 Å². The predicted molar refractivity (Wildman–Crippen MR) is 125 cm³/mol. The third-order valence-corrected chi connectivity index (χ3v) is 6.46. The summed E-state index contributed by atoms with van der Waals surface area (Å²) in [6.45, 7) is 9.92. The molecule has 9 heteroatoms. The monoisotopic (exact) mass is 436 g/mol. The normalized spacial score (nSPS) is 23.4. The lowest BCUT2D eigenvalue weighted by Crippen LogP contribution is -2.54. The number of aromatic nitrogens is 5. The van der Waals surface area contributed by atoms with Crippen LogP contribution in [0.1, 0.15) is 56.8 Å². The number of fused-ring (bicyclic) bond motifs is 1. The molecule has 2 fully saturated rings. The zero-order valence-electron chi connectivity index (χ0n) is 19.0. The van der Waals surface area contributed by atoms with Gasteiger partial charge >= 0.3 is 0 Å². The van der Waals surface area contributed by atoms with Crippen molar-refractivity contribution in [3.05, 3.63) is 36.0 Å². The van der Waals surface area contributed by atoms with Crippen LogP contribution >= 0.6 is 0 Å². The minimum atomic E-state index is -0.0231. The second-order valence-corrected chi connectivity index (χ2v) is 9.10. The Morgan fingerprint density at radius 3 is 2.69 bits per heavy atom. The molecule has 3 aromatic rings. The number of nitrogens with one attached hydrogen (secondary N) is 3. The average Bonchev–Trinajstić information content (AvgIpc) is 3.24. The molecule has 0 radical (unpaired) electrons. The van der Waals surface area contributed by atoms with Crippen molar-refractivity contribution in [2.75, 3.05) is 36.5 Å². The maximum absolute atomic E-state index is 5.56. The number of hydrogen-bond donors (Lipinski definition) is 3. The number of rotatable bonds is 5. The van der Waals surface area contributed by atoms with Gasteiger partial charge in [0.1, 0.15) is 17.8 Å². The van der Waals surface area contributed by atoms with Gasteiger partial charge in [0.25, 0.3) is 0 Å². The minimum absolute atomic E-state index is 0.0231. The number of ether oxygens (including phenoxy) is 1. The Bertz CT molecular complexity index is 1050. The summed E-state index contributed by atoms with van der Waals surface area (Å²) in [7, 11) is 0. The first-order valence-corrected chi connectivity index (χ1v) is 11.6. The number of anilines is 2. The van der Waals surface area contributed by atoms with Gasteiger partial charge in [-0.25, -0.2) is 19.9 Å². The van der Waals surface area contributed by atoms with Gasteiger partial charge in [-0.05, 0) is 51.2 Å². The number of hydrogen-bond acceptors (Lipinski definition) is 8. The Balaban J connectivity index is 1.39. The van der Waals surface area contributed by atoms with Crippen molar-refractivity contribution in [3.8, 4) is 0 Å². The van der Waals surface area contributed by atoms with E-state index in [2.05, 4.69) is 62.4 Å². The van der Waals surface area contributed by atoms with Crippen molar-refractivity contribution in [2.45, 2.75) is 57.7 Å². The highest BCUT2D eigenvalue weighted by atomic mass is 16.5. The van der Waals surface area contributed by atoms with Crippen LogP contribution in [0.15, 0.2) is 24.8 Å². The summed E-state index contributed by atoms with van der Waals surface area (Å²) in [5, 5.41) is 8.23. The second-order valence-electron chi connectivity index (χ2n) is 9.10. The maximum atomic E-state index is 5.56. The van der Waals surface area contributed by atoms with Gasteiger partial charge in [0.2, 0.25) is 5.95 Å². The summed E-state index contributed by atoms with van der Waals surface area (Å²) in [4.78, 5) is 24.1. The van der Waals surface area contributed by atoms with E-state index in [9.17, 15) is 0 Å². The Hall–Kier alpha value is -2.78. The smallest absolute Gasteiger partial charge is 0.225 e. The third-order valence-electron chi connectivity index (χ3n) is 6.46. The molecule has 3 atom stereocenters. The van der Waals surface area contributed by atoms with Crippen LogP contribution in [-0.2, 0) is 4.74 Å². The largest absolute Gasteiger partial charge is 0.381 e. The molecule has 5 heterocycles. The van der Waals surface area contributed by atoms with Gasteiger partial charge in [0, 0.05) is 50.8 Å². The molecule has 2 saturated heterocycles. The van der Waals surface area contributed by atoms with E-state index in [-0.39, 0.29) is 6.04 Å². The van der Waals surface area contributed by atoms with E-state index in [1.165, 1.54) is 5.56 Å². The molecule has 0 amide bonds. The van der Waals surface area contributed by atoms with E-state index in [0.717, 1.165) is 67.6 Å². The van der Waals surface area contributed by atoms with Crippen LogP contribution in [-0.4, -0.2) is 63.3 Å². The van der Waals surface area contributed by atoms with Crippen LogP contribution in [0.4, 0.5) is 11.8 Å². The fourth-order valence-electron chi connectivity index (χ4n) is 4.95. The Morgan fingerprint density at radius 1 is 1.12 bits per heavy atom. The molecule has 0 unspecified atom stereocenters. The van der Waals surface area contributed by atoms with Gasteiger partial charge in [-0.3, -0.25) is 0 Å². The second kappa shape index (κ2) is 8.99. The molecule has 3 aromatic heterocycles. The first-order chi connectivity index (χ1) is 15.6. The van der Waals surface area contributed by atoms with Crippen molar-refractivity contribution in [2.24, 2.45) is 0 Å². The lowest BCUT2D eigenvalue weighted by Gasteiger charge is -2.36. The van der Waals surface area contributed by atoms with E-state index in [4.69, 9.17) is 9.72 Å². The fraction of sp³-hybridized carbons (Fsp3) is 0.565. The molecule has 9 nitrogen and oxygen atoms in total. The van der Waals surface area contributed by atoms with Crippen LogP contribution in [0.2, 0.25) is 0 Å². The lowest BCUT2D eigenvalue weighted by atomic mass is 9.92. The Morgan fingerprint density at radius 2 is 1.91 bits per heavy atom. The minimum Gasteiger partial charge on any atom is -0.381 e. The maximum Gasteiger partial charge on any atom is 0.225 e. The number of H-pyrrole nitrogens is 1. The van der Waals surface area contributed by atoms with Crippen LogP contribution in [0, 0.1) is 0 Å². The van der Waals surface area contributed by atoms with Gasteiger partial charge < -0.3 is 25.3 Å². The van der Waals surface area contributed by atoms with E-state index in [1.807, 2.05) is 12.3 Å². The van der Waals surface area contributed by atoms with Crippen molar-refractivity contribution >= 4 is 22.8 Å². The van der Waals surface area contributed by atoms with Crippen LogP contribution in [0.25, 0.3) is 11.0 Å². The van der Waals surface area contributed by atoms with E-state index < -0.39 is 0 Å². The van der Waals surface area contributed by atoms with Gasteiger partial charge in [-0.15, -0.1) is 0 Å². The van der Waals surface area contributed by atoms with Crippen molar-refractivity contribution in [3.63, 3.8) is 0 Å². The van der Waals surface area contributed by atoms with Gasteiger partial charge in [-0.2, -0.15) is 0 Å². The van der Waals surface area contributed by atoms with E-state index >= 15 is 0 Å². The van der Waals surface area contributed by atoms with E-state index in [0.29, 0.717) is 18.0 Å². The number of nitrogens with zero attached hydrogens (tertiary/aromatic N) is 5. The highest BCUT2D eigenvalue weighted by molar-refractivity contribution is 5.91. The van der Waals surface area contributed by atoms with Crippen molar-refractivity contribution in [1.82, 2.24) is 30.2 Å². The molecule has 170 valence electrons. The zero-order valence-corrected chi connectivity index (χ0v) is 19.0. The van der Waals surface area contributed by atoms with Crippen LogP contribution in [0.3, 0.4) is 0 Å². The Labute approximate surface area is 188 Å². The molecular formula is C23H32N8O. The van der Waals surface area contributed by atoms with Crippen LogP contribution in [0.5, 0.6) is 0 Å². The molecule has 0 aliphatic carbocycles. The summed E-state index contributed by atoms with van der Waals surface area (Å²) >= 11 is 0. The van der Waals surface area contributed by atoms with Crippen molar-refractivity contribution in [1.29, 1.82) is 0 Å². The van der Waals surface area contributed by atoms with Crippen molar-refractivity contribution < 1.29 is 4.74 Å². The van der Waals surface area contributed by atoms with Gasteiger partial charge in [-0.1, -0.05) is 0 Å². The standard InChI is InChI=1S/C23H32N8O/c1-14-11-31(12-15(2)28-14)23-24-7-4-19(30-23)16(3)29-22-20-18(17-5-8-32-9-6-17)10-25-21(20)26-13-27-22/h4,7,10,13-17,28H,5-6,8-9,11-12H2,1-3H3,(H2,25,26,27,29)/t14-,15+,16-/m0/s1.